The van der Waals surface area contributed by atoms with E-state index in [1.165, 1.54) is 42.7 Å². The third kappa shape index (κ3) is 5.08. The number of hydrogen-bond acceptors (Lipinski definition) is 3. The zero-order valence-corrected chi connectivity index (χ0v) is 11.6. The van der Waals surface area contributed by atoms with Crippen LogP contribution in [0.2, 0.25) is 0 Å². The van der Waals surface area contributed by atoms with E-state index in [1.807, 2.05) is 5.51 Å². The lowest BCUT2D eigenvalue weighted by Gasteiger charge is -2.12. The van der Waals surface area contributed by atoms with Gasteiger partial charge in [0.15, 0.2) is 0 Å². The molecule has 0 saturated heterocycles. The van der Waals surface area contributed by atoms with Gasteiger partial charge >= 0.3 is 0 Å². The van der Waals surface area contributed by atoms with Crippen LogP contribution in [0.1, 0.15) is 56.5 Å². The van der Waals surface area contributed by atoms with Crippen LogP contribution in [0.3, 0.4) is 0 Å². The van der Waals surface area contributed by atoms with Gasteiger partial charge in [-0.05, 0) is 20.3 Å². The van der Waals surface area contributed by atoms with E-state index in [2.05, 4.69) is 31.1 Å². The first-order valence-corrected chi connectivity index (χ1v) is 7.24. The summed E-state index contributed by atoms with van der Waals surface area (Å²) in [5.41, 5.74) is 3.11. The molecule has 16 heavy (non-hydrogen) atoms. The summed E-state index contributed by atoms with van der Waals surface area (Å²) in [5.74, 6) is 0. The third-order valence-corrected chi connectivity index (χ3v) is 3.88. The van der Waals surface area contributed by atoms with Crippen LogP contribution in [-0.4, -0.2) is 11.0 Å². The van der Waals surface area contributed by atoms with Crippen LogP contribution < -0.4 is 5.32 Å². The predicted molar refractivity (Wildman–Crippen MR) is 71.9 cm³/mol. The van der Waals surface area contributed by atoms with Crippen LogP contribution in [0.4, 0.5) is 0 Å². The Morgan fingerprint density at radius 1 is 1.38 bits per heavy atom. The molecule has 0 aliphatic heterocycles. The van der Waals surface area contributed by atoms with Crippen LogP contribution in [0.15, 0.2) is 5.51 Å². The molecule has 0 spiro atoms. The average molecular weight is 240 g/mol. The maximum atomic E-state index is 4.26. The van der Waals surface area contributed by atoms with E-state index < -0.39 is 0 Å². The number of thiazole rings is 1. The van der Waals surface area contributed by atoms with Gasteiger partial charge in [-0.3, -0.25) is 0 Å². The van der Waals surface area contributed by atoms with E-state index in [1.54, 1.807) is 11.3 Å². The first kappa shape index (κ1) is 13.7. The summed E-state index contributed by atoms with van der Waals surface area (Å²) in [7, 11) is 0. The first-order valence-electron chi connectivity index (χ1n) is 6.36. The standard InChI is InChI=1S/C13H24N2S/c1-4-5-6-7-8-11(2)14-9-13-12(3)15-10-16-13/h10-11,14H,4-9H2,1-3H3. The Morgan fingerprint density at radius 2 is 2.19 bits per heavy atom. The molecule has 1 aromatic heterocycles. The van der Waals surface area contributed by atoms with Gasteiger partial charge in [-0.25, -0.2) is 4.98 Å². The molecule has 0 aromatic carbocycles. The molecule has 1 rings (SSSR count). The SMILES string of the molecule is CCCCCCC(C)NCc1scnc1C. The number of rotatable bonds is 8. The molecule has 92 valence electrons. The van der Waals surface area contributed by atoms with Gasteiger partial charge in [0, 0.05) is 17.5 Å². The highest BCUT2D eigenvalue weighted by Gasteiger charge is 2.04. The van der Waals surface area contributed by atoms with E-state index in [0.717, 1.165) is 6.54 Å². The largest absolute Gasteiger partial charge is 0.309 e. The molecule has 0 aliphatic carbocycles. The summed E-state index contributed by atoms with van der Waals surface area (Å²) >= 11 is 1.75. The topological polar surface area (TPSA) is 24.9 Å². The molecule has 3 heteroatoms. The van der Waals surface area contributed by atoms with Crippen molar-refractivity contribution in [3.63, 3.8) is 0 Å². The fourth-order valence-electron chi connectivity index (χ4n) is 1.74. The maximum Gasteiger partial charge on any atom is 0.0798 e. The molecule has 0 fully saturated rings. The molecule has 0 bridgehead atoms. The van der Waals surface area contributed by atoms with Crippen molar-refractivity contribution in [3.8, 4) is 0 Å². The minimum absolute atomic E-state index is 0.623. The van der Waals surface area contributed by atoms with E-state index in [0.29, 0.717) is 6.04 Å². The molecular formula is C13H24N2S. The number of nitrogens with one attached hydrogen (secondary N) is 1. The van der Waals surface area contributed by atoms with Crippen molar-refractivity contribution < 1.29 is 0 Å². The monoisotopic (exact) mass is 240 g/mol. The number of hydrogen-bond donors (Lipinski definition) is 1. The Bertz CT molecular complexity index is 283. The maximum absolute atomic E-state index is 4.26. The smallest absolute Gasteiger partial charge is 0.0798 e. The molecule has 1 aromatic rings. The van der Waals surface area contributed by atoms with Crippen LogP contribution in [-0.2, 0) is 6.54 Å². The van der Waals surface area contributed by atoms with E-state index in [-0.39, 0.29) is 0 Å². The van der Waals surface area contributed by atoms with Crippen LogP contribution in [0.5, 0.6) is 0 Å². The molecule has 1 N–H and O–H groups in total. The van der Waals surface area contributed by atoms with Crippen molar-refractivity contribution in [2.45, 2.75) is 65.5 Å². The quantitative estimate of drug-likeness (QED) is 0.697. The van der Waals surface area contributed by atoms with Crippen molar-refractivity contribution in [2.75, 3.05) is 0 Å². The molecule has 0 radical (unpaired) electrons. The zero-order chi connectivity index (χ0) is 11.8. The lowest BCUT2D eigenvalue weighted by atomic mass is 10.1. The summed E-state index contributed by atoms with van der Waals surface area (Å²) < 4.78 is 0. The van der Waals surface area contributed by atoms with Crippen molar-refractivity contribution in [1.82, 2.24) is 10.3 Å². The summed E-state index contributed by atoms with van der Waals surface area (Å²) in [6, 6.07) is 0.623. The lowest BCUT2D eigenvalue weighted by Crippen LogP contribution is -2.25. The summed E-state index contributed by atoms with van der Waals surface area (Å²) in [5, 5.41) is 3.57. The van der Waals surface area contributed by atoms with Gasteiger partial charge in [-0.1, -0.05) is 32.6 Å². The number of unbranched alkanes of at least 4 members (excludes halogenated alkanes) is 3. The molecule has 1 unspecified atom stereocenters. The molecule has 1 heterocycles. The highest BCUT2D eigenvalue weighted by atomic mass is 32.1. The number of aryl methyl sites for hydroxylation is 1. The fraction of sp³-hybridized carbons (Fsp3) is 0.769. The Morgan fingerprint density at radius 3 is 2.81 bits per heavy atom. The summed E-state index contributed by atoms with van der Waals surface area (Å²) in [4.78, 5) is 5.63. The fourth-order valence-corrected chi connectivity index (χ4v) is 2.47. The predicted octanol–water partition coefficient (Wildman–Crippen LogP) is 3.90. The Kier molecular flexibility index (Phi) is 6.65. The summed E-state index contributed by atoms with van der Waals surface area (Å²) in [6.07, 6.45) is 6.71. The molecular weight excluding hydrogens is 216 g/mol. The molecule has 0 aliphatic rings. The Balaban J connectivity index is 2.10. The average Bonchev–Trinajstić information content (AvgIpc) is 2.67. The van der Waals surface area contributed by atoms with Gasteiger partial charge in [0.05, 0.1) is 11.2 Å². The molecule has 0 amide bonds. The number of aromatic nitrogens is 1. The van der Waals surface area contributed by atoms with Gasteiger partial charge in [0.1, 0.15) is 0 Å². The van der Waals surface area contributed by atoms with Gasteiger partial charge < -0.3 is 5.32 Å². The van der Waals surface area contributed by atoms with Crippen molar-refractivity contribution in [2.24, 2.45) is 0 Å². The molecule has 1 atom stereocenters. The molecule has 0 saturated carbocycles. The minimum Gasteiger partial charge on any atom is -0.309 e. The normalized spacial score (nSPS) is 12.9. The van der Waals surface area contributed by atoms with Gasteiger partial charge in [0.25, 0.3) is 0 Å². The van der Waals surface area contributed by atoms with Crippen LogP contribution in [0, 0.1) is 6.92 Å². The second kappa shape index (κ2) is 7.80. The van der Waals surface area contributed by atoms with E-state index in [9.17, 15) is 0 Å². The van der Waals surface area contributed by atoms with Gasteiger partial charge in [-0.2, -0.15) is 0 Å². The minimum atomic E-state index is 0.623. The van der Waals surface area contributed by atoms with Crippen molar-refractivity contribution in [3.05, 3.63) is 16.1 Å². The van der Waals surface area contributed by atoms with Crippen molar-refractivity contribution in [1.29, 1.82) is 0 Å². The third-order valence-electron chi connectivity index (χ3n) is 2.95. The van der Waals surface area contributed by atoms with E-state index in [4.69, 9.17) is 0 Å². The summed E-state index contributed by atoms with van der Waals surface area (Å²) in [6.45, 7) is 7.60. The zero-order valence-electron chi connectivity index (χ0n) is 10.8. The lowest BCUT2D eigenvalue weighted by molar-refractivity contribution is 0.484. The highest BCUT2D eigenvalue weighted by Crippen LogP contribution is 2.12. The van der Waals surface area contributed by atoms with Crippen LogP contribution >= 0.6 is 11.3 Å². The first-order chi connectivity index (χ1) is 7.74. The van der Waals surface area contributed by atoms with Gasteiger partial charge in [0.2, 0.25) is 0 Å². The second-order valence-corrected chi connectivity index (χ2v) is 5.43. The number of nitrogens with zero attached hydrogens (tertiary/aromatic N) is 1. The van der Waals surface area contributed by atoms with Gasteiger partial charge in [-0.15, -0.1) is 11.3 Å². The second-order valence-electron chi connectivity index (χ2n) is 4.49. The van der Waals surface area contributed by atoms with Crippen LogP contribution in [0.25, 0.3) is 0 Å². The van der Waals surface area contributed by atoms with Crippen molar-refractivity contribution >= 4 is 11.3 Å². The Hall–Kier alpha value is -0.410. The highest BCUT2D eigenvalue weighted by molar-refractivity contribution is 7.09. The molecule has 2 nitrogen and oxygen atoms in total. The Labute approximate surface area is 103 Å². The van der Waals surface area contributed by atoms with E-state index >= 15 is 0 Å².